The van der Waals surface area contributed by atoms with E-state index < -0.39 is 9.84 Å². The van der Waals surface area contributed by atoms with E-state index in [1.165, 1.54) is 11.3 Å². The lowest BCUT2D eigenvalue weighted by atomic mass is 10.0. The van der Waals surface area contributed by atoms with Crippen molar-refractivity contribution in [1.82, 2.24) is 10.3 Å². The molecule has 0 unspecified atom stereocenters. The van der Waals surface area contributed by atoms with Gasteiger partial charge < -0.3 is 10.2 Å². The highest BCUT2D eigenvalue weighted by atomic mass is 32.2. The Morgan fingerprint density at radius 1 is 1.28 bits per heavy atom. The number of rotatable bonds is 5. The highest BCUT2D eigenvalue weighted by molar-refractivity contribution is 7.91. The highest BCUT2D eigenvalue weighted by Gasteiger charge is 2.22. The van der Waals surface area contributed by atoms with Crippen LogP contribution in [0.2, 0.25) is 0 Å². The van der Waals surface area contributed by atoms with E-state index in [1.807, 2.05) is 12.1 Å². The van der Waals surface area contributed by atoms with Gasteiger partial charge in [-0.2, -0.15) is 0 Å². The number of nitrogens with zero attached hydrogens (tertiary/aromatic N) is 2. The van der Waals surface area contributed by atoms with Crippen molar-refractivity contribution < 1.29 is 13.2 Å². The molecule has 0 aliphatic carbocycles. The Morgan fingerprint density at radius 3 is 2.52 bits per heavy atom. The quantitative estimate of drug-likeness (QED) is 0.863. The fourth-order valence-corrected chi connectivity index (χ4v) is 4.31. The number of amides is 1. The first-order valence-electron chi connectivity index (χ1n) is 8.26. The summed E-state index contributed by atoms with van der Waals surface area (Å²) in [6.45, 7) is 3.29. The number of carbonyl (C=O) groups is 1. The Kier molecular flexibility index (Phi) is 5.39. The molecule has 0 saturated carbocycles. The standard InChI is InChI=1S/C17H21N3O3S2/c1-2-25(22,23)15-5-3-14(4-6-15)20-9-7-13(8-10-20)19-17(21)16-11-24-12-18-16/h3-6,11-13H,2,7-10H2,1H3,(H,19,21). The van der Waals surface area contributed by atoms with Crippen LogP contribution in [-0.4, -0.2) is 44.2 Å². The molecule has 0 bridgehead atoms. The second-order valence-electron chi connectivity index (χ2n) is 6.01. The van der Waals surface area contributed by atoms with Crippen LogP contribution < -0.4 is 10.2 Å². The lowest BCUT2D eigenvalue weighted by Crippen LogP contribution is -2.44. The maximum atomic E-state index is 12.0. The van der Waals surface area contributed by atoms with Gasteiger partial charge in [0.15, 0.2) is 9.84 Å². The van der Waals surface area contributed by atoms with Gasteiger partial charge >= 0.3 is 0 Å². The van der Waals surface area contributed by atoms with Gasteiger partial charge in [0, 0.05) is 30.2 Å². The van der Waals surface area contributed by atoms with Gasteiger partial charge in [-0.15, -0.1) is 11.3 Å². The van der Waals surface area contributed by atoms with E-state index in [9.17, 15) is 13.2 Å². The van der Waals surface area contributed by atoms with Crippen molar-refractivity contribution in [2.75, 3.05) is 23.7 Å². The van der Waals surface area contributed by atoms with E-state index in [0.29, 0.717) is 10.6 Å². The van der Waals surface area contributed by atoms with Gasteiger partial charge in [0.05, 0.1) is 16.2 Å². The Bertz CT molecular complexity index is 809. The molecule has 1 N–H and O–H groups in total. The molecule has 0 spiro atoms. The number of carbonyl (C=O) groups excluding carboxylic acids is 1. The topological polar surface area (TPSA) is 79.4 Å². The van der Waals surface area contributed by atoms with Crippen LogP contribution in [0.25, 0.3) is 0 Å². The van der Waals surface area contributed by atoms with Gasteiger partial charge in [-0.3, -0.25) is 4.79 Å². The van der Waals surface area contributed by atoms with Crippen LogP contribution in [0.4, 0.5) is 5.69 Å². The molecule has 0 radical (unpaired) electrons. The lowest BCUT2D eigenvalue weighted by Gasteiger charge is -2.34. The predicted molar refractivity (Wildman–Crippen MR) is 99.0 cm³/mol. The molecule has 1 saturated heterocycles. The van der Waals surface area contributed by atoms with Crippen molar-refractivity contribution in [3.05, 3.63) is 40.8 Å². The Balaban J connectivity index is 1.56. The first-order valence-corrected chi connectivity index (χ1v) is 10.9. The van der Waals surface area contributed by atoms with Gasteiger partial charge in [-0.25, -0.2) is 13.4 Å². The van der Waals surface area contributed by atoms with Crippen LogP contribution in [0.3, 0.4) is 0 Å². The fraction of sp³-hybridized carbons (Fsp3) is 0.412. The molecule has 1 aromatic carbocycles. The number of nitrogens with one attached hydrogen (secondary N) is 1. The number of aromatic nitrogens is 1. The minimum atomic E-state index is -3.16. The molecule has 3 rings (SSSR count). The summed E-state index contributed by atoms with van der Waals surface area (Å²) in [5.74, 6) is -0.00926. The van der Waals surface area contributed by atoms with E-state index in [1.54, 1.807) is 29.9 Å². The van der Waals surface area contributed by atoms with Gasteiger partial charge in [0.25, 0.3) is 5.91 Å². The van der Waals surface area contributed by atoms with Gasteiger partial charge in [-0.1, -0.05) is 6.92 Å². The Morgan fingerprint density at radius 2 is 1.96 bits per heavy atom. The third kappa shape index (κ3) is 4.19. The molecule has 25 heavy (non-hydrogen) atoms. The van der Waals surface area contributed by atoms with Crippen LogP contribution in [0.15, 0.2) is 40.1 Å². The zero-order valence-corrected chi connectivity index (χ0v) is 15.6. The van der Waals surface area contributed by atoms with Crippen molar-refractivity contribution >= 4 is 32.8 Å². The summed E-state index contributed by atoms with van der Waals surface area (Å²) < 4.78 is 23.7. The highest BCUT2D eigenvalue weighted by Crippen LogP contribution is 2.22. The number of hydrogen-bond acceptors (Lipinski definition) is 6. The van der Waals surface area contributed by atoms with E-state index >= 15 is 0 Å². The zero-order chi connectivity index (χ0) is 17.9. The van der Waals surface area contributed by atoms with Crippen LogP contribution in [-0.2, 0) is 9.84 Å². The van der Waals surface area contributed by atoms with Crippen molar-refractivity contribution in [2.24, 2.45) is 0 Å². The number of thiazole rings is 1. The van der Waals surface area contributed by atoms with Gasteiger partial charge in [-0.05, 0) is 37.1 Å². The molecule has 1 aliphatic heterocycles. The van der Waals surface area contributed by atoms with Crippen molar-refractivity contribution in [3.8, 4) is 0 Å². The summed E-state index contributed by atoms with van der Waals surface area (Å²) in [7, 11) is -3.16. The minimum absolute atomic E-state index is 0.108. The van der Waals surface area contributed by atoms with Crippen LogP contribution in [0, 0.1) is 0 Å². The van der Waals surface area contributed by atoms with E-state index in [0.717, 1.165) is 31.6 Å². The molecule has 0 atom stereocenters. The summed E-state index contributed by atoms with van der Waals surface area (Å²) in [6.07, 6.45) is 1.70. The van der Waals surface area contributed by atoms with Crippen molar-refractivity contribution in [1.29, 1.82) is 0 Å². The monoisotopic (exact) mass is 379 g/mol. The molecule has 1 aromatic heterocycles. The van der Waals surface area contributed by atoms with E-state index in [2.05, 4.69) is 15.2 Å². The molecular weight excluding hydrogens is 358 g/mol. The average Bonchev–Trinajstić information content (AvgIpc) is 3.17. The second kappa shape index (κ2) is 7.53. The van der Waals surface area contributed by atoms with E-state index in [-0.39, 0.29) is 17.7 Å². The SMILES string of the molecule is CCS(=O)(=O)c1ccc(N2CCC(NC(=O)c3cscn3)CC2)cc1. The molecular formula is C17H21N3O3S2. The third-order valence-electron chi connectivity index (χ3n) is 4.44. The molecule has 1 amide bonds. The number of benzene rings is 1. The van der Waals surface area contributed by atoms with Crippen LogP contribution in [0.5, 0.6) is 0 Å². The largest absolute Gasteiger partial charge is 0.371 e. The molecule has 6 nitrogen and oxygen atoms in total. The summed E-state index contributed by atoms with van der Waals surface area (Å²) in [5.41, 5.74) is 3.14. The number of sulfone groups is 1. The van der Waals surface area contributed by atoms with Gasteiger partial charge in [0.1, 0.15) is 5.69 Å². The average molecular weight is 380 g/mol. The summed E-state index contributed by atoms with van der Waals surface area (Å²) in [5, 5.41) is 4.78. The Labute approximate surface area is 151 Å². The number of hydrogen-bond donors (Lipinski definition) is 1. The smallest absolute Gasteiger partial charge is 0.270 e. The molecule has 1 aliphatic rings. The fourth-order valence-electron chi connectivity index (χ4n) is 2.90. The molecule has 1 fully saturated rings. The summed E-state index contributed by atoms with van der Waals surface area (Å²) in [6, 6.07) is 7.20. The first kappa shape index (κ1) is 17.9. The van der Waals surface area contributed by atoms with Crippen LogP contribution in [0.1, 0.15) is 30.3 Å². The summed E-state index contributed by atoms with van der Waals surface area (Å²) >= 11 is 1.41. The third-order valence-corrected chi connectivity index (χ3v) is 6.77. The van der Waals surface area contributed by atoms with Gasteiger partial charge in [0.2, 0.25) is 0 Å². The van der Waals surface area contributed by atoms with Crippen molar-refractivity contribution in [3.63, 3.8) is 0 Å². The normalized spacial score (nSPS) is 16.0. The van der Waals surface area contributed by atoms with E-state index in [4.69, 9.17) is 0 Å². The molecule has 8 heteroatoms. The molecule has 134 valence electrons. The maximum absolute atomic E-state index is 12.0. The predicted octanol–water partition coefficient (Wildman–Crippen LogP) is 2.34. The Hall–Kier alpha value is -1.93. The second-order valence-corrected chi connectivity index (χ2v) is 9.00. The minimum Gasteiger partial charge on any atom is -0.371 e. The van der Waals surface area contributed by atoms with Crippen LogP contribution >= 0.6 is 11.3 Å². The summed E-state index contributed by atoms with van der Waals surface area (Å²) in [4.78, 5) is 18.7. The number of piperidine rings is 1. The van der Waals surface area contributed by atoms with Crippen molar-refractivity contribution in [2.45, 2.75) is 30.7 Å². The zero-order valence-electron chi connectivity index (χ0n) is 14.0. The first-order chi connectivity index (χ1) is 12.0. The molecule has 2 aromatic rings. The maximum Gasteiger partial charge on any atom is 0.270 e. The molecule has 2 heterocycles. The lowest BCUT2D eigenvalue weighted by molar-refractivity contribution is 0.0926. The number of anilines is 1.